The number of carbonyl (C=O) groups is 1. The predicted octanol–water partition coefficient (Wildman–Crippen LogP) is 1.03. The summed E-state index contributed by atoms with van der Waals surface area (Å²) in [5.41, 5.74) is -1.46. The number of aryl methyl sites for hydroxylation is 1. The monoisotopic (exact) mass is 305 g/mol. The Balaban J connectivity index is 2.46. The maximum absolute atomic E-state index is 13.7. The van der Waals surface area contributed by atoms with E-state index in [0.29, 0.717) is 0 Å². The second-order valence-corrected chi connectivity index (χ2v) is 3.72. The molecule has 0 unspecified atom stereocenters. The fourth-order valence-corrected chi connectivity index (χ4v) is 1.49. The average Bonchev–Trinajstić information content (AvgIpc) is 2.83. The summed E-state index contributed by atoms with van der Waals surface area (Å²) < 4.78 is 58.5. The van der Waals surface area contributed by atoms with Gasteiger partial charge in [0.25, 0.3) is 11.9 Å². The number of hydrogen-bond donors (Lipinski definition) is 1. The third kappa shape index (κ3) is 2.49. The van der Waals surface area contributed by atoms with Crippen molar-refractivity contribution in [3.05, 3.63) is 28.8 Å². The fourth-order valence-electron chi connectivity index (χ4n) is 1.49. The standard InChI is InChI=1S/C10H7F4N5O2/c1-19-17-10(16-18-19)15-9(20)3-4(11)6(13)8(21-2)7(14)5(3)12/h1-2H3,(H,15,17,20). The summed E-state index contributed by atoms with van der Waals surface area (Å²) in [7, 11) is 2.19. The Labute approximate surface area is 114 Å². The number of halogens is 4. The van der Waals surface area contributed by atoms with E-state index >= 15 is 0 Å². The zero-order chi connectivity index (χ0) is 15.7. The molecule has 1 aromatic heterocycles. The molecule has 0 saturated carbocycles. The Morgan fingerprint density at radius 3 is 2.14 bits per heavy atom. The first-order valence-corrected chi connectivity index (χ1v) is 5.32. The van der Waals surface area contributed by atoms with Gasteiger partial charge >= 0.3 is 0 Å². The quantitative estimate of drug-likeness (QED) is 0.676. The van der Waals surface area contributed by atoms with Gasteiger partial charge in [-0.25, -0.2) is 8.78 Å². The van der Waals surface area contributed by atoms with E-state index in [9.17, 15) is 22.4 Å². The van der Waals surface area contributed by atoms with Gasteiger partial charge in [-0.1, -0.05) is 5.10 Å². The van der Waals surface area contributed by atoms with Gasteiger partial charge in [-0.05, 0) is 5.21 Å². The first kappa shape index (κ1) is 14.7. The third-order valence-electron chi connectivity index (χ3n) is 2.39. The van der Waals surface area contributed by atoms with E-state index in [1.165, 1.54) is 7.05 Å². The number of nitrogens with one attached hydrogen (secondary N) is 1. The maximum atomic E-state index is 13.7. The molecule has 0 radical (unpaired) electrons. The van der Waals surface area contributed by atoms with Crippen LogP contribution in [0.4, 0.5) is 23.5 Å². The third-order valence-corrected chi connectivity index (χ3v) is 2.39. The summed E-state index contributed by atoms with van der Waals surface area (Å²) in [6.07, 6.45) is 0. The molecule has 1 N–H and O–H groups in total. The molecule has 2 rings (SSSR count). The highest BCUT2D eigenvalue weighted by atomic mass is 19.2. The van der Waals surface area contributed by atoms with Crippen molar-refractivity contribution in [2.45, 2.75) is 0 Å². The van der Waals surface area contributed by atoms with E-state index in [2.05, 4.69) is 20.1 Å². The molecule has 11 heteroatoms. The summed E-state index contributed by atoms with van der Waals surface area (Å²) in [5.74, 6) is -10.6. The Morgan fingerprint density at radius 1 is 1.14 bits per heavy atom. The van der Waals surface area contributed by atoms with Crippen molar-refractivity contribution in [3.63, 3.8) is 0 Å². The second-order valence-electron chi connectivity index (χ2n) is 3.72. The molecule has 1 amide bonds. The maximum Gasteiger partial charge on any atom is 0.270 e. The molecule has 0 aliphatic carbocycles. The van der Waals surface area contributed by atoms with E-state index in [-0.39, 0.29) is 0 Å². The van der Waals surface area contributed by atoms with Gasteiger partial charge in [0.15, 0.2) is 17.4 Å². The molecule has 2 aromatic rings. The van der Waals surface area contributed by atoms with Crippen molar-refractivity contribution < 1.29 is 27.1 Å². The van der Waals surface area contributed by atoms with Crippen LogP contribution in [-0.4, -0.2) is 33.2 Å². The van der Waals surface area contributed by atoms with Gasteiger partial charge < -0.3 is 4.74 Å². The average molecular weight is 305 g/mol. The molecule has 0 saturated heterocycles. The minimum Gasteiger partial charge on any atom is -0.491 e. The van der Waals surface area contributed by atoms with Crippen LogP contribution in [0, 0.1) is 23.3 Å². The summed E-state index contributed by atoms with van der Waals surface area (Å²) in [4.78, 5) is 12.6. The summed E-state index contributed by atoms with van der Waals surface area (Å²) >= 11 is 0. The lowest BCUT2D eigenvalue weighted by molar-refractivity contribution is 0.101. The molecule has 0 atom stereocenters. The molecule has 1 heterocycles. The van der Waals surface area contributed by atoms with Crippen LogP contribution in [0.25, 0.3) is 0 Å². The SMILES string of the molecule is COc1c(F)c(F)c(C(=O)Nc2nnn(C)n2)c(F)c1F. The van der Waals surface area contributed by atoms with Gasteiger partial charge in [0.1, 0.15) is 5.56 Å². The van der Waals surface area contributed by atoms with Crippen molar-refractivity contribution in [2.75, 3.05) is 12.4 Å². The van der Waals surface area contributed by atoms with Crippen LogP contribution in [0.5, 0.6) is 5.75 Å². The minimum absolute atomic E-state index is 0.391. The van der Waals surface area contributed by atoms with Gasteiger partial charge in [-0.3, -0.25) is 10.1 Å². The number of rotatable bonds is 3. The summed E-state index contributed by atoms with van der Waals surface area (Å²) in [6.45, 7) is 0. The van der Waals surface area contributed by atoms with Crippen LogP contribution in [0.1, 0.15) is 10.4 Å². The van der Waals surface area contributed by atoms with Gasteiger partial charge in [-0.15, -0.1) is 5.10 Å². The van der Waals surface area contributed by atoms with E-state index in [1.807, 2.05) is 5.32 Å². The lowest BCUT2D eigenvalue weighted by atomic mass is 10.1. The van der Waals surface area contributed by atoms with Crippen molar-refractivity contribution in [1.82, 2.24) is 20.2 Å². The fraction of sp³-hybridized carbons (Fsp3) is 0.200. The largest absolute Gasteiger partial charge is 0.491 e. The Hall–Kier alpha value is -2.72. The highest BCUT2D eigenvalue weighted by Gasteiger charge is 2.30. The molecule has 112 valence electrons. The minimum atomic E-state index is -1.90. The number of nitrogens with zero attached hydrogens (tertiary/aromatic N) is 4. The second kappa shape index (κ2) is 5.34. The smallest absolute Gasteiger partial charge is 0.270 e. The van der Waals surface area contributed by atoms with Crippen LogP contribution < -0.4 is 10.1 Å². The summed E-state index contributed by atoms with van der Waals surface area (Å²) in [6, 6.07) is 0. The lowest BCUT2D eigenvalue weighted by Gasteiger charge is -2.09. The molecule has 1 aromatic carbocycles. The van der Waals surface area contributed by atoms with Crippen LogP contribution in [0.15, 0.2) is 0 Å². The zero-order valence-corrected chi connectivity index (χ0v) is 10.6. The van der Waals surface area contributed by atoms with Crippen molar-refractivity contribution in [3.8, 4) is 5.75 Å². The Bertz CT molecular complexity index is 689. The lowest BCUT2D eigenvalue weighted by Crippen LogP contribution is -2.19. The first-order chi connectivity index (χ1) is 9.86. The van der Waals surface area contributed by atoms with Crippen LogP contribution in [-0.2, 0) is 7.05 Å². The molecular weight excluding hydrogens is 298 g/mol. The molecular formula is C10H7F4N5O2. The Kier molecular flexibility index (Phi) is 3.74. The van der Waals surface area contributed by atoms with Gasteiger partial charge in [0.05, 0.1) is 14.2 Å². The topological polar surface area (TPSA) is 81.9 Å². The molecule has 21 heavy (non-hydrogen) atoms. The van der Waals surface area contributed by atoms with Crippen LogP contribution in [0.2, 0.25) is 0 Å². The Morgan fingerprint density at radius 2 is 1.71 bits per heavy atom. The number of amides is 1. The zero-order valence-electron chi connectivity index (χ0n) is 10.6. The number of tetrazole rings is 1. The highest BCUT2D eigenvalue weighted by Crippen LogP contribution is 2.29. The van der Waals surface area contributed by atoms with E-state index in [4.69, 9.17) is 0 Å². The first-order valence-electron chi connectivity index (χ1n) is 5.32. The van der Waals surface area contributed by atoms with Crippen LogP contribution in [0.3, 0.4) is 0 Å². The van der Waals surface area contributed by atoms with Crippen molar-refractivity contribution >= 4 is 11.9 Å². The number of aromatic nitrogens is 4. The van der Waals surface area contributed by atoms with Gasteiger partial charge in [0, 0.05) is 0 Å². The number of benzene rings is 1. The molecule has 0 aliphatic rings. The normalized spacial score (nSPS) is 10.6. The van der Waals surface area contributed by atoms with Crippen LogP contribution >= 0.6 is 0 Å². The van der Waals surface area contributed by atoms with E-state index in [0.717, 1.165) is 11.9 Å². The van der Waals surface area contributed by atoms with Gasteiger partial charge in [-0.2, -0.15) is 13.6 Å². The van der Waals surface area contributed by atoms with E-state index in [1.54, 1.807) is 0 Å². The van der Waals surface area contributed by atoms with Crippen molar-refractivity contribution in [2.24, 2.45) is 7.05 Å². The number of carbonyl (C=O) groups excluding carboxylic acids is 1. The number of anilines is 1. The molecule has 0 bridgehead atoms. The predicted molar refractivity (Wildman–Crippen MR) is 59.6 cm³/mol. The molecule has 7 nitrogen and oxygen atoms in total. The highest BCUT2D eigenvalue weighted by molar-refractivity contribution is 6.03. The summed E-state index contributed by atoms with van der Waals surface area (Å²) in [5, 5.41) is 12.1. The molecule has 0 spiro atoms. The number of ether oxygens (including phenoxy) is 1. The molecule has 0 fully saturated rings. The van der Waals surface area contributed by atoms with E-state index < -0.39 is 46.4 Å². The van der Waals surface area contributed by atoms with Crippen molar-refractivity contribution in [1.29, 1.82) is 0 Å². The number of hydrogen-bond acceptors (Lipinski definition) is 5. The molecule has 0 aliphatic heterocycles. The van der Waals surface area contributed by atoms with Gasteiger partial charge in [0.2, 0.25) is 11.6 Å². The number of methoxy groups -OCH3 is 1.